The van der Waals surface area contributed by atoms with Crippen LogP contribution in [0.1, 0.15) is 5.56 Å². The molecule has 0 amide bonds. The van der Waals surface area contributed by atoms with Crippen molar-refractivity contribution in [2.45, 2.75) is 6.54 Å². The minimum Gasteiger partial charge on any atom is -0.354 e. The largest absolute Gasteiger partial charge is 0.354 e. The van der Waals surface area contributed by atoms with E-state index in [0.717, 1.165) is 38.1 Å². The molecule has 0 atom stereocenters. The maximum absolute atomic E-state index is 13.7. The van der Waals surface area contributed by atoms with Crippen LogP contribution in [0.2, 0.25) is 0 Å². The van der Waals surface area contributed by atoms with E-state index in [0.29, 0.717) is 12.1 Å². The van der Waals surface area contributed by atoms with E-state index < -0.39 is 11.6 Å². The lowest BCUT2D eigenvalue weighted by Gasteiger charge is -2.35. The van der Waals surface area contributed by atoms with Crippen LogP contribution in [0, 0.1) is 11.6 Å². The summed E-state index contributed by atoms with van der Waals surface area (Å²) in [5, 5.41) is 0. The summed E-state index contributed by atoms with van der Waals surface area (Å²) < 4.78 is 26.5. The van der Waals surface area contributed by atoms with Crippen LogP contribution in [-0.4, -0.2) is 41.0 Å². The highest BCUT2D eigenvalue weighted by atomic mass is 19.1. The highest BCUT2D eigenvalue weighted by molar-refractivity contribution is 5.37. The van der Waals surface area contributed by atoms with Gasteiger partial charge >= 0.3 is 0 Å². The predicted octanol–water partition coefficient (Wildman–Crippen LogP) is 2.08. The first kappa shape index (κ1) is 13.9. The Morgan fingerprint density at radius 3 is 2.52 bits per heavy atom. The smallest absolute Gasteiger partial charge is 0.131 e. The number of anilines is 1. The number of hydrogen-bond acceptors (Lipinski definition) is 4. The van der Waals surface area contributed by atoms with Gasteiger partial charge in [-0.3, -0.25) is 4.90 Å². The molecule has 1 fully saturated rings. The topological polar surface area (TPSA) is 32.3 Å². The average Bonchev–Trinajstić information content (AvgIpc) is 2.52. The fourth-order valence-electron chi connectivity index (χ4n) is 2.50. The highest BCUT2D eigenvalue weighted by Gasteiger charge is 2.19. The summed E-state index contributed by atoms with van der Waals surface area (Å²) in [5.74, 6) is -0.101. The van der Waals surface area contributed by atoms with E-state index in [9.17, 15) is 8.78 Å². The second kappa shape index (κ2) is 6.13. The van der Waals surface area contributed by atoms with Crippen LogP contribution in [0.4, 0.5) is 14.6 Å². The number of nitrogens with zero attached hydrogens (tertiary/aromatic N) is 4. The van der Waals surface area contributed by atoms with Crippen LogP contribution in [0.25, 0.3) is 0 Å². The molecule has 0 saturated carbocycles. The van der Waals surface area contributed by atoms with Crippen LogP contribution < -0.4 is 4.90 Å². The lowest BCUT2D eigenvalue weighted by Crippen LogP contribution is -2.46. The molecule has 0 N–H and O–H groups in total. The van der Waals surface area contributed by atoms with Crippen molar-refractivity contribution < 1.29 is 8.78 Å². The molecule has 6 heteroatoms. The molecule has 0 aliphatic carbocycles. The van der Waals surface area contributed by atoms with Crippen LogP contribution in [0.3, 0.4) is 0 Å². The van der Waals surface area contributed by atoms with E-state index in [1.165, 1.54) is 18.5 Å². The van der Waals surface area contributed by atoms with E-state index in [1.54, 1.807) is 6.20 Å². The second-order valence-electron chi connectivity index (χ2n) is 5.07. The van der Waals surface area contributed by atoms with Gasteiger partial charge in [-0.1, -0.05) is 6.07 Å². The molecule has 2 heterocycles. The zero-order chi connectivity index (χ0) is 14.7. The van der Waals surface area contributed by atoms with Crippen molar-refractivity contribution in [3.63, 3.8) is 0 Å². The summed E-state index contributed by atoms with van der Waals surface area (Å²) in [4.78, 5) is 12.5. The van der Waals surface area contributed by atoms with Gasteiger partial charge in [0.05, 0.1) is 0 Å². The van der Waals surface area contributed by atoms with Gasteiger partial charge in [-0.25, -0.2) is 18.7 Å². The zero-order valence-corrected chi connectivity index (χ0v) is 11.5. The number of benzene rings is 1. The van der Waals surface area contributed by atoms with Crippen LogP contribution in [0.5, 0.6) is 0 Å². The molecular weight excluding hydrogens is 274 g/mol. The maximum Gasteiger partial charge on any atom is 0.131 e. The third-order valence-corrected chi connectivity index (χ3v) is 3.67. The predicted molar refractivity (Wildman–Crippen MR) is 75.9 cm³/mol. The molecule has 4 nitrogen and oxygen atoms in total. The fraction of sp³-hybridized carbons (Fsp3) is 0.333. The van der Waals surface area contributed by atoms with Crippen molar-refractivity contribution in [2.24, 2.45) is 0 Å². The Balaban J connectivity index is 1.59. The summed E-state index contributed by atoms with van der Waals surface area (Å²) in [6.45, 7) is 3.81. The number of aromatic nitrogens is 2. The fourth-order valence-corrected chi connectivity index (χ4v) is 2.50. The molecule has 110 valence electrons. The number of hydrogen-bond donors (Lipinski definition) is 0. The Hall–Kier alpha value is -2.08. The summed E-state index contributed by atoms with van der Waals surface area (Å²) >= 11 is 0. The summed E-state index contributed by atoms with van der Waals surface area (Å²) in [6.07, 6.45) is 3.26. The molecule has 2 aromatic rings. The van der Waals surface area contributed by atoms with Crippen molar-refractivity contribution in [3.05, 3.63) is 54.0 Å². The lowest BCUT2D eigenvalue weighted by atomic mass is 10.2. The molecule has 1 aliphatic rings. The van der Waals surface area contributed by atoms with Crippen molar-refractivity contribution >= 4 is 5.82 Å². The first-order valence-electron chi connectivity index (χ1n) is 6.89. The molecular formula is C15H16F2N4. The number of rotatable bonds is 3. The second-order valence-corrected chi connectivity index (χ2v) is 5.07. The van der Waals surface area contributed by atoms with Gasteiger partial charge in [0, 0.05) is 50.6 Å². The van der Waals surface area contributed by atoms with Crippen molar-refractivity contribution in [2.75, 3.05) is 31.1 Å². The minimum atomic E-state index is -0.537. The Morgan fingerprint density at radius 2 is 1.86 bits per heavy atom. The third-order valence-electron chi connectivity index (χ3n) is 3.67. The Morgan fingerprint density at radius 1 is 1.05 bits per heavy atom. The van der Waals surface area contributed by atoms with Crippen molar-refractivity contribution in [3.8, 4) is 0 Å². The average molecular weight is 290 g/mol. The summed E-state index contributed by atoms with van der Waals surface area (Å²) in [5.41, 5.74) is 0.534. The van der Waals surface area contributed by atoms with Crippen molar-refractivity contribution in [1.29, 1.82) is 0 Å². The van der Waals surface area contributed by atoms with Crippen LogP contribution in [-0.2, 0) is 6.54 Å². The van der Waals surface area contributed by atoms with Gasteiger partial charge in [0.15, 0.2) is 0 Å². The van der Waals surface area contributed by atoms with Gasteiger partial charge < -0.3 is 4.90 Å². The Bertz CT molecular complexity index is 598. The molecule has 0 bridgehead atoms. The van der Waals surface area contributed by atoms with Crippen LogP contribution in [0.15, 0.2) is 36.8 Å². The number of halogens is 2. The molecule has 0 unspecified atom stereocenters. The first-order valence-corrected chi connectivity index (χ1v) is 6.89. The van der Waals surface area contributed by atoms with Gasteiger partial charge in [-0.05, 0) is 12.1 Å². The van der Waals surface area contributed by atoms with Crippen molar-refractivity contribution in [1.82, 2.24) is 14.9 Å². The minimum absolute atomic E-state index is 0.478. The molecule has 1 aromatic heterocycles. The van der Waals surface area contributed by atoms with E-state index in [2.05, 4.69) is 19.8 Å². The Labute approximate surface area is 122 Å². The van der Waals surface area contributed by atoms with Gasteiger partial charge in [0.25, 0.3) is 0 Å². The molecule has 1 saturated heterocycles. The molecule has 0 radical (unpaired) electrons. The maximum atomic E-state index is 13.7. The molecule has 0 spiro atoms. The van der Waals surface area contributed by atoms with Gasteiger partial charge in [0.2, 0.25) is 0 Å². The van der Waals surface area contributed by atoms with E-state index >= 15 is 0 Å². The van der Waals surface area contributed by atoms with Crippen LogP contribution >= 0.6 is 0 Å². The number of piperazine rings is 1. The zero-order valence-electron chi connectivity index (χ0n) is 11.5. The van der Waals surface area contributed by atoms with E-state index in [-0.39, 0.29) is 0 Å². The molecule has 3 rings (SSSR count). The first-order chi connectivity index (χ1) is 10.2. The third kappa shape index (κ3) is 3.33. The molecule has 1 aliphatic heterocycles. The summed E-state index contributed by atoms with van der Waals surface area (Å²) in [7, 11) is 0. The quantitative estimate of drug-likeness (QED) is 0.866. The van der Waals surface area contributed by atoms with Gasteiger partial charge in [-0.15, -0.1) is 0 Å². The molecule has 1 aromatic carbocycles. The standard InChI is InChI=1S/C15H16F2N4/c16-13-2-1-12(14(17)9-13)10-20-5-7-21(8-6-20)15-3-4-18-11-19-15/h1-4,9,11H,5-8,10H2. The van der Waals surface area contributed by atoms with E-state index in [4.69, 9.17) is 0 Å². The van der Waals surface area contributed by atoms with Gasteiger partial charge in [-0.2, -0.15) is 0 Å². The lowest BCUT2D eigenvalue weighted by molar-refractivity contribution is 0.246. The Kier molecular flexibility index (Phi) is 4.06. The van der Waals surface area contributed by atoms with Gasteiger partial charge in [0.1, 0.15) is 23.8 Å². The normalized spacial score (nSPS) is 16.2. The monoisotopic (exact) mass is 290 g/mol. The highest BCUT2D eigenvalue weighted by Crippen LogP contribution is 2.16. The summed E-state index contributed by atoms with van der Waals surface area (Å²) in [6, 6.07) is 5.64. The SMILES string of the molecule is Fc1ccc(CN2CCN(c3ccncn3)CC2)c(F)c1. The van der Waals surface area contributed by atoms with E-state index in [1.807, 2.05) is 6.07 Å². The molecule has 21 heavy (non-hydrogen) atoms.